The largest absolute Gasteiger partial charge is 0.388 e. The van der Waals surface area contributed by atoms with Crippen molar-refractivity contribution in [3.05, 3.63) is 51.3 Å². The number of hydrogen-bond acceptors (Lipinski definition) is 2. The van der Waals surface area contributed by atoms with Crippen LogP contribution >= 0.6 is 15.9 Å². The van der Waals surface area contributed by atoms with Crippen molar-refractivity contribution < 1.29 is 13.9 Å². The Hall–Kier alpha value is -1.27. The second kappa shape index (κ2) is 6.01. The molecule has 0 saturated heterocycles. The smallest absolute Gasteiger partial charge is 0.131 e. The van der Waals surface area contributed by atoms with E-state index in [0.717, 1.165) is 28.7 Å². The Kier molecular flexibility index (Phi) is 4.55. The predicted octanol–water partition coefficient (Wildman–Crippen LogP) is 3.30. The highest BCUT2D eigenvalue weighted by Gasteiger charge is 2.22. The van der Waals surface area contributed by atoms with Crippen LogP contribution in [0.2, 0.25) is 0 Å². The maximum atomic E-state index is 13.6. The van der Waals surface area contributed by atoms with Gasteiger partial charge >= 0.3 is 0 Å². The highest BCUT2D eigenvalue weighted by Crippen LogP contribution is 2.28. The number of aryl methyl sites for hydroxylation is 2. The normalized spacial score (nSPS) is 12.7. The molecular formula is C14H15BrF2N2O. The minimum atomic E-state index is -1.26. The molecule has 1 aromatic heterocycles. The Labute approximate surface area is 124 Å². The lowest BCUT2D eigenvalue weighted by molar-refractivity contribution is 0.165. The summed E-state index contributed by atoms with van der Waals surface area (Å²) in [4.78, 5) is 0. The topological polar surface area (TPSA) is 38.0 Å². The number of nitrogens with zero attached hydrogens (tertiary/aromatic N) is 2. The van der Waals surface area contributed by atoms with Gasteiger partial charge in [-0.05, 0) is 34.5 Å². The van der Waals surface area contributed by atoms with Crippen LogP contribution in [0.4, 0.5) is 8.78 Å². The van der Waals surface area contributed by atoms with E-state index in [1.165, 1.54) is 6.07 Å². The molecule has 0 spiro atoms. The first kappa shape index (κ1) is 15.1. The van der Waals surface area contributed by atoms with E-state index >= 15 is 0 Å². The minimum Gasteiger partial charge on any atom is -0.388 e. The van der Waals surface area contributed by atoms with E-state index in [0.29, 0.717) is 5.69 Å². The average Bonchev–Trinajstić information content (AvgIpc) is 2.66. The van der Waals surface area contributed by atoms with Crippen LogP contribution < -0.4 is 0 Å². The summed E-state index contributed by atoms with van der Waals surface area (Å²) in [7, 11) is 1.74. The van der Waals surface area contributed by atoms with Gasteiger partial charge in [-0.1, -0.05) is 13.0 Å². The van der Waals surface area contributed by atoms with Gasteiger partial charge in [0.2, 0.25) is 0 Å². The lowest BCUT2D eigenvalue weighted by Crippen LogP contribution is -2.10. The molecule has 0 fully saturated rings. The SMILES string of the molecule is CCc1nn(C)c(CC(O)c2c(F)cccc2F)c1Br. The second-order valence-electron chi connectivity index (χ2n) is 4.54. The third-order valence-electron chi connectivity index (χ3n) is 3.22. The fourth-order valence-electron chi connectivity index (χ4n) is 2.16. The monoisotopic (exact) mass is 344 g/mol. The van der Waals surface area contributed by atoms with Crippen molar-refractivity contribution in [1.82, 2.24) is 9.78 Å². The van der Waals surface area contributed by atoms with E-state index in [1.54, 1.807) is 11.7 Å². The summed E-state index contributed by atoms with van der Waals surface area (Å²) in [6, 6.07) is 3.55. The average molecular weight is 345 g/mol. The molecule has 0 bridgehead atoms. The summed E-state index contributed by atoms with van der Waals surface area (Å²) in [5, 5.41) is 14.4. The third-order valence-corrected chi connectivity index (χ3v) is 4.14. The molecule has 20 heavy (non-hydrogen) atoms. The second-order valence-corrected chi connectivity index (χ2v) is 5.33. The molecule has 2 aromatic rings. The number of rotatable bonds is 4. The maximum Gasteiger partial charge on any atom is 0.131 e. The molecule has 1 heterocycles. The van der Waals surface area contributed by atoms with E-state index in [1.807, 2.05) is 6.92 Å². The van der Waals surface area contributed by atoms with E-state index in [-0.39, 0.29) is 12.0 Å². The summed E-state index contributed by atoms with van der Waals surface area (Å²) in [6.45, 7) is 1.96. The van der Waals surface area contributed by atoms with E-state index in [9.17, 15) is 13.9 Å². The quantitative estimate of drug-likeness (QED) is 0.923. The van der Waals surface area contributed by atoms with Gasteiger partial charge in [-0.2, -0.15) is 5.10 Å². The van der Waals surface area contributed by atoms with Crippen LogP contribution in [0.3, 0.4) is 0 Å². The number of aliphatic hydroxyl groups is 1. The molecule has 0 amide bonds. The van der Waals surface area contributed by atoms with Crippen molar-refractivity contribution in [2.75, 3.05) is 0 Å². The van der Waals surface area contributed by atoms with Crippen molar-refractivity contribution in [3.8, 4) is 0 Å². The molecule has 3 nitrogen and oxygen atoms in total. The highest BCUT2D eigenvalue weighted by atomic mass is 79.9. The number of benzene rings is 1. The van der Waals surface area contributed by atoms with Crippen molar-refractivity contribution in [2.24, 2.45) is 7.05 Å². The molecule has 0 saturated carbocycles. The zero-order valence-corrected chi connectivity index (χ0v) is 12.8. The van der Waals surface area contributed by atoms with Gasteiger partial charge in [-0.15, -0.1) is 0 Å². The lowest BCUT2D eigenvalue weighted by Gasteiger charge is -2.13. The van der Waals surface area contributed by atoms with Crippen LogP contribution in [0.1, 0.15) is 30.0 Å². The number of halogens is 3. The Morgan fingerprint density at radius 3 is 2.45 bits per heavy atom. The zero-order chi connectivity index (χ0) is 14.9. The maximum absolute atomic E-state index is 13.6. The van der Waals surface area contributed by atoms with Crippen molar-refractivity contribution >= 4 is 15.9 Å². The van der Waals surface area contributed by atoms with Crippen molar-refractivity contribution in [1.29, 1.82) is 0 Å². The molecule has 1 atom stereocenters. The Bertz CT molecular complexity index is 608. The van der Waals surface area contributed by atoms with Gasteiger partial charge in [0.1, 0.15) is 11.6 Å². The van der Waals surface area contributed by atoms with Crippen LogP contribution in [0.5, 0.6) is 0 Å². The summed E-state index contributed by atoms with van der Waals surface area (Å²) in [6.07, 6.45) is -0.437. The fraction of sp³-hybridized carbons (Fsp3) is 0.357. The first-order chi connectivity index (χ1) is 9.45. The fourth-order valence-corrected chi connectivity index (χ4v) is 2.93. The molecule has 0 aliphatic rings. The highest BCUT2D eigenvalue weighted by molar-refractivity contribution is 9.10. The molecule has 2 rings (SSSR count). The Morgan fingerprint density at radius 1 is 1.35 bits per heavy atom. The first-order valence-corrected chi connectivity index (χ1v) is 7.07. The van der Waals surface area contributed by atoms with E-state index in [2.05, 4.69) is 21.0 Å². The van der Waals surface area contributed by atoms with Crippen LogP contribution in [0.25, 0.3) is 0 Å². The Balaban J connectivity index is 2.33. The predicted molar refractivity (Wildman–Crippen MR) is 75.3 cm³/mol. The van der Waals surface area contributed by atoms with Crippen LogP contribution in [-0.2, 0) is 19.9 Å². The molecule has 1 aromatic carbocycles. The molecule has 0 radical (unpaired) electrons. The molecule has 6 heteroatoms. The van der Waals surface area contributed by atoms with Gasteiger partial charge < -0.3 is 5.11 Å². The van der Waals surface area contributed by atoms with Crippen LogP contribution in [-0.4, -0.2) is 14.9 Å². The summed E-state index contributed by atoms with van der Waals surface area (Å²) < 4.78 is 29.7. The minimum absolute atomic E-state index is 0.0853. The molecule has 0 aliphatic carbocycles. The molecule has 1 N–H and O–H groups in total. The first-order valence-electron chi connectivity index (χ1n) is 6.27. The standard InChI is InChI=1S/C14H15BrF2N2O/c1-3-10-14(15)11(19(2)18-10)7-12(20)13-8(16)5-4-6-9(13)17/h4-6,12,20H,3,7H2,1-2H3. The van der Waals surface area contributed by atoms with Gasteiger partial charge in [0.15, 0.2) is 0 Å². The summed E-state index contributed by atoms with van der Waals surface area (Å²) in [5.74, 6) is -1.49. The number of aromatic nitrogens is 2. The van der Waals surface area contributed by atoms with Crippen molar-refractivity contribution in [2.45, 2.75) is 25.9 Å². The molecule has 108 valence electrons. The molecular weight excluding hydrogens is 330 g/mol. The third kappa shape index (κ3) is 2.76. The van der Waals surface area contributed by atoms with Gasteiger partial charge in [0.05, 0.1) is 27.5 Å². The number of hydrogen-bond donors (Lipinski definition) is 1. The summed E-state index contributed by atoms with van der Waals surface area (Å²) in [5.41, 5.74) is 1.25. The van der Waals surface area contributed by atoms with Gasteiger partial charge in [-0.25, -0.2) is 8.78 Å². The van der Waals surface area contributed by atoms with Crippen LogP contribution in [0.15, 0.2) is 22.7 Å². The van der Waals surface area contributed by atoms with Gasteiger partial charge in [0.25, 0.3) is 0 Å². The zero-order valence-electron chi connectivity index (χ0n) is 11.2. The molecule has 0 aliphatic heterocycles. The van der Waals surface area contributed by atoms with E-state index in [4.69, 9.17) is 0 Å². The van der Waals surface area contributed by atoms with Crippen molar-refractivity contribution in [3.63, 3.8) is 0 Å². The lowest BCUT2D eigenvalue weighted by atomic mass is 10.0. The van der Waals surface area contributed by atoms with Crippen LogP contribution in [0, 0.1) is 11.6 Å². The Morgan fingerprint density at radius 2 is 1.95 bits per heavy atom. The molecule has 1 unspecified atom stereocenters. The van der Waals surface area contributed by atoms with Gasteiger partial charge in [0, 0.05) is 13.5 Å². The summed E-state index contributed by atoms with van der Waals surface area (Å²) >= 11 is 3.42. The van der Waals surface area contributed by atoms with E-state index < -0.39 is 17.7 Å². The number of aliphatic hydroxyl groups excluding tert-OH is 1. The van der Waals surface area contributed by atoms with Gasteiger partial charge in [-0.3, -0.25) is 4.68 Å².